The lowest BCUT2D eigenvalue weighted by Gasteiger charge is -2.22. The summed E-state index contributed by atoms with van der Waals surface area (Å²) < 4.78 is 19.1. The third-order valence-electron chi connectivity index (χ3n) is 3.15. The maximum Gasteiger partial charge on any atom is 0.142 e. The number of methoxy groups -OCH3 is 1. The first-order valence-electron chi connectivity index (χ1n) is 6.49. The molecule has 0 heterocycles. The summed E-state index contributed by atoms with van der Waals surface area (Å²) in [6.07, 6.45) is 0. The van der Waals surface area contributed by atoms with Crippen molar-refractivity contribution in [3.05, 3.63) is 64.4 Å². The fourth-order valence-corrected chi connectivity index (χ4v) is 2.48. The Morgan fingerprint density at radius 1 is 1.15 bits per heavy atom. The average molecular weight is 294 g/mol. The van der Waals surface area contributed by atoms with E-state index < -0.39 is 5.82 Å². The Hall–Kier alpha value is -1.58. The third-order valence-corrected chi connectivity index (χ3v) is 3.55. The summed E-state index contributed by atoms with van der Waals surface area (Å²) in [5.41, 5.74) is 1.64. The van der Waals surface area contributed by atoms with Crippen molar-refractivity contribution in [2.75, 3.05) is 13.7 Å². The van der Waals surface area contributed by atoms with E-state index in [0.717, 1.165) is 17.9 Å². The third kappa shape index (κ3) is 2.94. The van der Waals surface area contributed by atoms with E-state index in [4.69, 9.17) is 16.3 Å². The zero-order valence-corrected chi connectivity index (χ0v) is 12.2. The summed E-state index contributed by atoms with van der Waals surface area (Å²) in [6, 6.07) is 12.3. The standard InChI is InChI=1S/C16H17ClFNO/c1-3-19-16(11-7-4-5-10-14(11)20-2)12-8-6-9-13(18)15(12)17/h4-10,16,19H,3H2,1-2H3. The molecule has 2 nitrogen and oxygen atoms in total. The Morgan fingerprint density at radius 3 is 2.55 bits per heavy atom. The van der Waals surface area contributed by atoms with Crippen molar-refractivity contribution in [2.24, 2.45) is 0 Å². The van der Waals surface area contributed by atoms with E-state index in [1.165, 1.54) is 6.07 Å². The number of para-hydroxylation sites is 1. The molecule has 0 saturated heterocycles. The molecule has 2 aromatic carbocycles. The topological polar surface area (TPSA) is 21.3 Å². The van der Waals surface area contributed by atoms with E-state index in [9.17, 15) is 4.39 Å². The first-order valence-corrected chi connectivity index (χ1v) is 6.87. The van der Waals surface area contributed by atoms with Gasteiger partial charge in [-0.15, -0.1) is 0 Å². The molecule has 0 fully saturated rings. The minimum absolute atomic E-state index is 0.143. The molecule has 2 rings (SSSR count). The molecule has 2 aromatic rings. The lowest BCUT2D eigenvalue weighted by atomic mass is 9.97. The van der Waals surface area contributed by atoms with Crippen molar-refractivity contribution in [3.63, 3.8) is 0 Å². The summed E-state index contributed by atoms with van der Waals surface area (Å²) >= 11 is 6.11. The Labute approximate surface area is 123 Å². The Bertz CT molecular complexity index is 588. The van der Waals surface area contributed by atoms with Crippen LogP contribution in [-0.4, -0.2) is 13.7 Å². The van der Waals surface area contributed by atoms with Crippen LogP contribution < -0.4 is 10.1 Å². The van der Waals surface area contributed by atoms with Crippen LogP contribution in [0.4, 0.5) is 4.39 Å². The lowest BCUT2D eigenvalue weighted by Crippen LogP contribution is -2.23. The van der Waals surface area contributed by atoms with Crippen molar-refractivity contribution in [2.45, 2.75) is 13.0 Å². The number of nitrogens with one attached hydrogen (secondary N) is 1. The minimum atomic E-state index is -0.415. The van der Waals surface area contributed by atoms with Gasteiger partial charge in [-0.2, -0.15) is 0 Å². The molecule has 20 heavy (non-hydrogen) atoms. The summed E-state index contributed by atoms with van der Waals surface area (Å²) in [6.45, 7) is 2.73. The molecule has 1 atom stereocenters. The highest BCUT2D eigenvalue weighted by Gasteiger charge is 2.20. The first kappa shape index (κ1) is 14.8. The number of ether oxygens (including phenoxy) is 1. The summed E-state index contributed by atoms with van der Waals surface area (Å²) in [7, 11) is 1.62. The van der Waals surface area contributed by atoms with Crippen LogP contribution in [0.25, 0.3) is 0 Å². The first-order chi connectivity index (χ1) is 9.69. The van der Waals surface area contributed by atoms with E-state index in [1.807, 2.05) is 37.3 Å². The van der Waals surface area contributed by atoms with Gasteiger partial charge in [-0.1, -0.05) is 48.9 Å². The minimum Gasteiger partial charge on any atom is -0.496 e. The number of benzene rings is 2. The number of hydrogen-bond donors (Lipinski definition) is 1. The fourth-order valence-electron chi connectivity index (χ4n) is 2.24. The highest BCUT2D eigenvalue weighted by molar-refractivity contribution is 6.31. The van der Waals surface area contributed by atoms with Crippen LogP contribution in [0.15, 0.2) is 42.5 Å². The van der Waals surface area contributed by atoms with Crippen molar-refractivity contribution in [3.8, 4) is 5.75 Å². The predicted molar refractivity (Wildman–Crippen MR) is 79.9 cm³/mol. The van der Waals surface area contributed by atoms with Gasteiger partial charge in [-0.25, -0.2) is 4.39 Å². The van der Waals surface area contributed by atoms with Crippen LogP contribution in [0.5, 0.6) is 5.75 Å². The molecule has 0 bridgehead atoms. The molecule has 0 aliphatic rings. The highest BCUT2D eigenvalue weighted by atomic mass is 35.5. The smallest absolute Gasteiger partial charge is 0.142 e. The number of rotatable bonds is 5. The fraction of sp³-hybridized carbons (Fsp3) is 0.250. The highest BCUT2D eigenvalue weighted by Crippen LogP contribution is 2.34. The molecule has 0 aliphatic heterocycles. The van der Waals surface area contributed by atoms with Gasteiger partial charge in [0.15, 0.2) is 0 Å². The van der Waals surface area contributed by atoms with Crippen molar-refractivity contribution < 1.29 is 9.13 Å². The SMILES string of the molecule is CCNC(c1ccccc1OC)c1cccc(F)c1Cl. The Balaban J connectivity index is 2.53. The van der Waals surface area contributed by atoms with Gasteiger partial charge in [0.2, 0.25) is 0 Å². The largest absolute Gasteiger partial charge is 0.496 e. The Kier molecular flexibility index (Phi) is 4.99. The van der Waals surface area contributed by atoms with Gasteiger partial charge in [-0.05, 0) is 24.2 Å². The molecule has 0 radical (unpaired) electrons. The lowest BCUT2D eigenvalue weighted by molar-refractivity contribution is 0.404. The van der Waals surface area contributed by atoms with E-state index in [2.05, 4.69) is 5.32 Å². The number of hydrogen-bond acceptors (Lipinski definition) is 2. The average Bonchev–Trinajstić information content (AvgIpc) is 2.48. The van der Waals surface area contributed by atoms with Crippen LogP contribution >= 0.6 is 11.6 Å². The van der Waals surface area contributed by atoms with E-state index in [-0.39, 0.29) is 11.1 Å². The molecule has 0 aliphatic carbocycles. The van der Waals surface area contributed by atoms with Gasteiger partial charge in [0, 0.05) is 5.56 Å². The van der Waals surface area contributed by atoms with Gasteiger partial charge in [0.1, 0.15) is 11.6 Å². The molecule has 0 amide bonds. The normalized spacial score (nSPS) is 12.2. The quantitative estimate of drug-likeness (QED) is 0.892. The molecule has 0 saturated carbocycles. The molecular formula is C16H17ClFNO. The maximum atomic E-state index is 13.7. The second-order valence-corrected chi connectivity index (χ2v) is 4.75. The van der Waals surface area contributed by atoms with Crippen molar-refractivity contribution in [1.29, 1.82) is 0 Å². The van der Waals surface area contributed by atoms with Crippen LogP contribution in [0, 0.1) is 5.82 Å². The van der Waals surface area contributed by atoms with Crippen molar-refractivity contribution >= 4 is 11.6 Å². The van der Waals surface area contributed by atoms with E-state index in [0.29, 0.717) is 5.56 Å². The van der Waals surface area contributed by atoms with E-state index in [1.54, 1.807) is 13.2 Å². The molecule has 1 N–H and O–H groups in total. The van der Waals surface area contributed by atoms with Crippen LogP contribution in [0.2, 0.25) is 5.02 Å². The predicted octanol–water partition coefficient (Wildman–Crippen LogP) is 4.19. The zero-order valence-electron chi connectivity index (χ0n) is 11.5. The zero-order chi connectivity index (χ0) is 14.5. The molecule has 4 heteroatoms. The molecular weight excluding hydrogens is 277 g/mol. The van der Waals surface area contributed by atoms with Crippen LogP contribution in [0.3, 0.4) is 0 Å². The molecule has 1 unspecified atom stereocenters. The van der Waals surface area contributed by atoms with Crippen LogP contribution in [-0.2, 0) is 0 Å². The summed E-state index contributed by atoms with van der Waals surface area (Å²) in [5.74, 6) is 0.334. The summed E-state index contributed by atoms with van der Waals surface area (Å²) in [4.78, 5) is 0. The summed E-state index contributed by atoms with van der Waals surface area (Å²) in [5, 5.41) is 3.47. The monoisotopic (exact) mass is 293 g/mol. The van der Waals surface area contributed by atoms with Crippen LogP contribution in [0.1, 0.15) is 24.1 Å². The second kappa shape index (κ2) is 6.73. The van der Waals surface area contributed by atoms with Gasteiger partial charge in [0.05, 0.1) is 18.2 Å². The van der Waals surface area contributed by atoms with Gasteiger partial charge in [-0.3, -0.25) is 0 Å². The number of halogens is 2. The second-order valence-electron chi connectivity index (χ2n) is 4.38. The van der Waals surface area contributed by atoms with Gasteiger partial charge in [0.25, 0.3) is 0 Å². The Morgan fingerprint density at radius 2 is 1.85 bits per heavy atom. The van der Waals surface area contributed by atoms with Crippen molar-refractivity contribution in [1.82, 2.24) is 5.32 Å². The maximum absolute atomic E-state index is 13.7. The van der Waals surface area contributed by atoms with Gasteiger partial charge < -0.3 is 10.1 Å². The molecule has 106 valence electrons. The van der Waals surface area contributed by atoms with Gasteiger partial charge >= 0.3 is 0 Å². The molecule has 0 aromatic heterocycles. The molecule has 0 spiro atoms. The van der Waals surface area contributed by atoms with E-state index >= 15 is 0 Å².